The first kappa shape index (κ1) is 22.5. The number of ether oxygens (including phenoxy) is 2. The number of aromatic nitrogens is 3. The molecule has 29 heavy (non-hydrogen) atoms. The molecule has 12 heteroatoms. The van der Waals surface area contributed by atoms with E-state index in [4.69, 9.17) is 21.1 Å². The molecule has 0 bridgehead atoms. The summed E-state index contributed by atoms with van der Waals surface area (Å²) in [4.78, 5) is 36.3. The number of amides is 1. The van der Waals surface area contributed by atoms with Crippen LogP contribution in [0.25, 0.3) is 0 Å². The number of halogens is 1. The second-order valence-corrected chi connectivity index (χ2v) is 6.88. The van der Waals surface area contributed by atoms with Crippen LogP contribution in [0, 0.1) is 0 Å². The SMILES string of the molecule is CCCOc1c(Cl)cc(/C=N/NC(=O)CSc2n[nH]c(=O)[nH]c2=O)cc1OCC. The molecule has 1 amide bonds. The van der Waals surface area contributed by atoms with Gasteiger partial charge in [-0.05, 0) is 31.0 Å². The Morgan fingerprint density at radius 3 is 2.83 bits per heavy atom. The van der Waals surface area contributed by atoms with E-state index in [9.17, 15) is 14.4 Å². The average molecular weight is 442 g/mol. The molecule has 0 aliphatic heterocycles. The fraction of sp³-hybridized carbons (Fsp3) is 0.353. The van der Waals surface area contributed by atoms with Gasteiger partial charge in [0.15, 0.2) is 16.5 Å². The van der Waals surface area contributed by atoms with Crippen molar-refractivity contribution in [2.45, 2.75) is 25.3 Å². The Bertz CT molecular complexity index is 991. The summed E-state index contributed by atoms with van der Waals surface area (Å²) >= 11 is 7.13. The second kappa shape index (κ2) is 11.3. The fourth-order valence-corrected chi connectivity index (χ4v) is 2.95. The van der Waals surface area contributed by atoms with Crippen molar-refractivity contribution in [1.29, 1.82) is 0 Å². The number of hydrogen-bond acceptors (Lipinski definition) is 8. The molecule has 0 atom stereocenters. The fourth-order valence-electron chi connectivity index (χ4n) is 2.05. The Labute approximate surface area is 175 Å². The maximum Gasteiger partial charge on any atom is 0.342 e. The summed E-state index contributed by atoms with van der Waals surface area (Å²) in [6.45, 7) is 4.78. The Hall–Kier alpha value is -2.79. The zero-order chi connectivity index (χ0) is 21.2. The van der Waals surface area contributed by atoms with E-state index in [0.717, 1.165) is 18.2 Å². The van der Waals surface area contributed by atoms with Crippen molar-refractivity contribution >= 4 is 35.5 Å². The number of benzene rings is 1. The number of thioether (sulfide) groups is 1. The molecule has 1 heterocycles. The minimum Gasteiger partial charge on any atom is -0.490 e. The quantitative estimate of drug-likeness (QED) is 0.288. The van der Waals surface area contributed by atoms with Crippen LogP contribution >= 0.6 is 23.4 Å². The zero-order valence-electron chi connectivity index (χ0n) is 15.8. The van der Waals surface area contributed by atoms with E-state index in [1.807, 2.05) is 18.8 Å². The molecule has 0 saturated heterocycles. The number of rotatable bonds is 10. The van der Waals surface area contributed by atoms with E-state index >= 15 is 0 Å². The topological polar surface area (TPSA) is 139 Å². The van der Waals surface area contributed by atoms with Gasteiger partial charge in [-0.1, -0.05) is 30.3 Å². The predicted molar refractivity (Wildman–Crippen MR) is 110 cm³/mol. The summed E-state index contributed by atoms with van der Waals surface area (Å²) in [6.07, 6.45) is 2.24. The smallest absolute Gasteiger partial charge is 0.342 e. The van der Waals surface area contributed by atoms with Crippen LogP contribution in [0.2, 0.25) is 5.02 Å². The molecule has 2 aromatic rings. The number of hydrazone groups is 1. The molecule has 0 aliphatic rings. The molecular formula is C17H20ClN5O5S. The maximum absolute atomic E-state index is 11.9. The number of nitrogens with zero attached hydrogens (tertiary/aromatic N) is 2. The average Bonchev–Trinajstić information content (AvgIpc) is 2.67. The summed E-state index contributed by atoms with van der Waals surface area (Å²) in [5.41, 5.74) is 1.55. The molecule has 2 rings (SSSR count). The predicted octanol–water partition coefficient (Wildman–Crippen LogP) is 1.54. The third-order valence-electron chi connectivity index (χ3n) is 3.21. The van der Waals surface area contributed by atoms with Crippen LogP contribution in [0.1, 0.15) is 25.8 Å². The minimum absolute atomic E-state index is 0.0282. The van der Waals surface area contributed by atoms with Crippen LogP contribution in [0.4, 0.5) is 0 Å². The molecule has 156 valence electrons. The van der Waals surface area contributed by atoms with Crippen molar-refractivity contribution in [2.75, 3.05) is 19.0 Å². The molecule has 0 aliphatic carbocycles. The largest absolute Gasteiger partial charge is 0.490 e. The van der Waals surface area contributed by atoms with Gasteiger partial charge in [0.2, 0.25) is 5.91 Å². The van der Waals surface area contributed by atoms with Crippen LogP contribution in [0.5, 0.6) is 11.5 Å². The lowest BCUT2D eigenvalue weighted by Gasteiger charge is -2.13. The number of carbonyl (C=O) groups excluding carboxylic acids is 1. The van der Waals surface area contributed by atoms with Crippen LogP contribution < -0.4 is 26.1 Å². The lowest BCUT2D eigenvalue weighted by atomic mass is 10.2. The van der Waals surface area contributed by atoms with Gasteiger partial charge in [0.1, 0.15) is 0 Å². The standard InChI is InChI=1S/C17H20ClN5O5S/c1-3-5-28-14-11(18)6-10(7-12(14)27-4-2)8-19-21-13(24)9-29-16-15(25)20-17(26)23-22-16/h6-8H,3-5,9H2,1-2H3,(H,21,24)(H2,20,23,25,26)/b19-8+. The summed E-state index contributed by atoms with van der Waals surface area (Å²) < 4.78 is 11.2. The number of H-pyrrole nitrogens is 2. The number of hydrogen-bond donors (Lipinski definition) is 3. The van der Waals surface area contributed by atoms with Gasteiger partial charge in [0, 0.05) is 0 Å². The Kier molecular flexibility index (Phi) is 8.74. The molecule has 0 unspecified atom stereocenters. The van der Waals surface area contributed by atoms with E-state index < -0.39 is 17.2 Å². The van der Waals surface area contributed by atoms with Crippen molar-refractivity contribution in [3.8, 4) is 11.5 Å². The van der Waals surface area contributed by atoms with E-state index in [-0.39, 0.29) is 10.8 Å². The molecule has 1 aromatic heterocycles. The first-order valence-corrected chi connectivity index (χ1v) is 10.0. The Balaban J connectivity index is 1.98. The van der Waals surface area contributed by atoms with Gasteiger partial charge in [0.05, 0.1) is 30.2 Å². The summed E-state index contributed by atoms with van der Waals surface area (Å²) in [5.74, 6) is 0.373. The summed E-state index contributed by atoms with van der Waals surface area (Å²) in [6, 6.07) is 3.35. The van der Waals surface area contributed by atoms with E-state index in [2.05, 4.69) is 20.7 Å². The Morgan fingerprint density at radius 1 is 1.34 bits per heavy atom. The van der Waals surface area contributed by atoms with E-state index in [1.165, 1.54) is 6.21 Å². The van der Waals surface area contributed by atoms with E-state index in [1.54, 1.807) is 12.1 Å². The minimum atomic E-state index is -0.718. The molecule has 0 saturated carbocycles. The molecule has 0 spiro atoms. The van der Waals surface area contributed by atoms with Gasteiger partial charge < -0.3 is 9.47 Å². The first-order valence-electron chi connectivity index (χ1n) is 8.67. The van der Waals surface area contributed by atoms with Crippen LogP contribution in [-0.4, -0.2) is 46.3 Å². The Morgan fingerprint density at radius 2 is 2.14 bits per heavy atom. The monoisotopic (exact) mass is 441 g/mol. The highest BCUT2D eigenvalue weighted by Crippen LogP contribution is 2.36. The van der Waals surface area contributed by atoms with Gasteiger partial charge in [-0.15, -0.1) is 0 Å². The van der Waals surface area contributed by atoms with Gasteiger partial charge in [-0.3, -0.25) is 14.6 Å². The third-order valence-corrected chi connectivity index (χ3v) is 4.44. The van der Waals surface area contributed by atoms with Crippen LogP contribution in [0.3, 0.4) is 0 Å². The maximum atomic E-state index is 11.9. The van der Waals surface area contributed by atoms with Crippen LogP contribution in [-0.2, 0) is 4.79 Å². The lowest BCUT2D eigenvalue weighted by molar-refractivity contribution is -0.118. The lowest BCUT2D eigenvalue weighted by Crippen LogP contribution is -2.26. The second-order valence-electron chi connectivity index (χ2n) is 5.51. The van der Waals surface area contributed by atoms with Crippen LogP contribution in [0.15, 0.2) is 31.8 Å². The van der Waals surface area contributed by atoms with Crippen molar-refractivity contribution in [3.05, 3.63) is 43.6 Å². The molecule has 10 nitrogen and oxygen atoms in total. The highest BCUT2D eigenvalue weighted by Gasteiger charge is 2.12. The van der Waals surface area contributed by atoms with E-state index in [0.29, 0.717) is 35.3 Å². The molecule has 0 radical (unpaired) electrons. The van der Waals surface area contributed by atoms with Gasteiger partial charge >= 0.3 is 5.69 Å². The summed E-state index contributed by atoms with van der Waals surface area (Å²) in [5, 5.41) is 9.87. The number of nitrogens with one attached hydrogen (secondary N) is 3. The van der Waals surface area contributed by atoms with Crippen molar-refractivity contribution in [1.82, 2.24) is 20.6 Å². The number of carbonyl (C=O) groups is 1. The van der Waals surface area contributed by atoms with Gasteiger partial charge in [-0.2, -0.15) is 10.2 Å². The van der Waals surface area contributed by atoms with Gasteiger partial charge in [-0.25, -0.2) is 15.3 Å². The molecule has 3 N–H and O–H groups in total. The highest BCUT2D eigenvalue weighted by atomic mass is 35.5. The van der Waals surface area contributed by atoms with Crippen molar-refractivity contribution in [2.24, 2.45) is 5.10 Å². The summed E-state index contributed by atoms with van der Waals surface area (Å²) in [7, 11) is 0. The zero-order valence-corrected chi connectivity index (χ0v) is 17.4. The molecule has 1 aromatic carbocycles. The molecular weight excluding hydrogens is 422 g/mol. The molecule has 0 fully saturated rings. The van der Waals surface area contributed by atoms with Crippen molar-refractivity contribution < 1.29 is 14.3 Å². The van der Waals surface area contributed by atoms with Gasteiger partial charge in [0.25, 0.3) is 5.56 Å². The highest BCUT2D eigenvalue weighted by molar-refractivity contribution is 7.99. The van der Waals surface area contributed by atoms with Crippen molar-refractivity contribution in [3.63, 3.8) is 0 Å². The first-order chi connectivity index (χ1) is 13.9. The third kappa shape index (κ3) is 6.95. The number of aromatic amines is 2. The normalized spacial score (nSPS) is 10.9.